The zero-order chi connectivity index (χ0) is 26.6. The molecule has 0 saturated carbocycles. The van der Waals surface area contributed by atoms with Gasteiger partial charge in [-0.05, 0) is 43.0 Å². The number of likely N-dealkylation sites (N-methyl/N-ethyl adjacent to an activating group) is 1. The minimum atomic E-state index is -0.186. The Morgan fingerprint density at radius 3 is 2.27 bits per heavy atom. The molecule has 3 aromatic rings. The van der Waals surface area contributed by atoms with Gasteiger partial charge < -0.3 is 29.7 Å². The summed E-state index contributed by atoms with van der Waals surface area (Å²) in [6.45, 7) is 4.15. The predicted molar refractivity (Wildman–Crippen MR) is 146 cm³/mol. The molecule has 0 unspecified atom stereocenters. The smallest absolute Gasteiger partial charge is 0.227 e. The van der Waals surface area contributed by atoms with Crippen molar-refractivity contribution in [1.29, 1.82) is 0 Å². The van der Waals surface area contributed by atoms with Gasteiger partial charge in [0.15, 0.2) is 11.5 Å². The third-order valence-electron chi connectivity index (χ3n) is 7.34. The van der Waals surface area contributed by atoms with E-state index in [1.54, 1.807) is 27.4 Å². The lowest BCUT2D eigenvalue weighted by Crippen LogP contribution is -2.50. The van der Waals surface area contributed by atoms with Crippen molar-refractivity contribution in [3.63, 3.8) is 0 Å². The first-order valence-corrected chi connectivity index (χ1v) is 12.7. The third kappa shape index (κ3) is 5.35. The normalized spacial score (nSPS) is 14.9. The fraction of sp³-hybridized carbons (Fsp3) is 0.464. The van der Waals surface area contributed by atoms with Crippen molar-refractivity contribution in [2.45, 2.75) is 38.0 Å². The maximum atomic E-state index is 12.6. The van der Waals surface area contributed by atoms with Crippen molar-refractivity contribution in [3.8, 4) is 17.2 Å². The Morgan fingerprint density at radius 1 is 1.03 bits per heavy atom. The van der Waals surface area contributed by atoms with E-state index in [4.69, 9.17) is 24.9 Å². The average Bonchev–Trinajstić information content (AvgIpc) is 2.92. The number of benzene rings is 2. The van der Waals surface area contributed by atoms with Gasteiger partial charge in [0.05, 0.1) is 26.8 Å². The van der Waals surface area contributed by atoms with Crippen LogP contribution >= 0.6 is 0 Å². The van der Waals surface area contributed by atoms with Gasteiger partial charge in [-0.3, -0.25) is 4.79 Å². The molecule has 4 rings (SSSR count). The van der Waals surface area contributed by atoms with Crippen molar-refractivity contribution >= 4 is 28.6 Å². The number of anilines is 2. The van der Waals surface area contributed by atoms with Crippen molar-refractivity contribution in [3.05, 3.63) is 42.0 Å². The van der Waals surface area contributed by atoms with E-state index in [0.29, 0.717) is 47.1 Å². The maximum absolute atomic E-state index is 12.6. The topological polar surface area (TPSA) is 103 Å². The lowest BCUT2D eigenvalue weighted by Gasteiger charge is -2.44. The monoisotopic (exact) mass is 507 g/mol. The van der Waals surface area contributed by atoms with Crippen LogP contribution in [0, 0.1) is 0 Å². The third-order valence-corrected chi connectivity index (χ3v) is 7.34. The largest absolute Gasteiger partial charge is 0.497 e. The van der Waals surface area contributed by atoms with E-state index in [9.17, 15) is 4.79 Å². The zero-order valence-corrected chi connectivity index (χ0v) is 22.4. The second-order valence-electron chi connectivity index (χ2n) is 9.63. The number of carbonyl (C=O) groups excluding carboxylic acids is 1. The number of rotatable bonds is 9. The summed E-state index contributed by atoms with van der Waals surface area (Å²) in [6.07, 6.45) is 3.13. The van der Waals surface area contributed by atoms with E-state index in [0.717, 1.165) is 38.1 Å². The summed E-state index contributed by atoms with van der Waals surface area (Å²) in [7, 11) is 6.84. The van der Waals surface area contributed by atoms with Gasteiger partial charge in [0.1, 0.15) is 11.6 Å². The van der Waals surface area contributed by atoms with E-state index in [-0.39, 0.29) is 11.3 Å². The number of ether oxygens (including phenoxy) is 3. The lowest BCUT2D eigenvalue weighted by molar-refractivity contribution is -0.132. The molecule has 1 aliphatic heterocycles. The van der Waals surface area contributed by atoms with Crippen LogP contribution in [0.25, 0.3) is 10.9 Å². The van der Waals surface area contributed by atoms with Crippen LogP contribution in [0.15, 0.2) is 36.4 Å². The molecule has 0 atom stereocenters. The van der Waals surface area contributed by atoms with Gasteiger partial charge in [0.2, 0.25) is 11.9 Å². The molecule has 9 heteroatoms. The fourth-order valence-electron chi connectivity index (χ4n) is 5.20. The molecule has 1 aromatic heterocycles. The second-order valence-corrected chi connectivity index (χ2v) is 9.63. The standard InChI is InChI=1S/C28H37N5O4/c1-6-7-25(34)33-14-12-28(13-15-33,19-8-10-20(35-3)11-9-19)18-32(2)27-30-22-17-24(37-5)23(36-4)16-21(22)26(29)31-27/h8-11,16-17H,6-7,12-15,18H2,1-5H3,(H2,29,30,31). The van der Waals surface area contributed by atoms with Crippen molar-refractivity contribution < 1.29 is 19.0 Å². The van der Waals surface area contributed by atoms with E-state index in [2.05, 4.69) is 22.0 Å². The molecule has 0 aliphatic carbocycles. The number of nitrogens with zero attached hydrogens (tertiary/aromatic N) is 4. The average molecular weight is 508 g/mol. The highest BCUT2D eigenvalue weighted by Crippen LogP contribution is 2.39. The molecule has 0 bridgehead atoms. The molecule has 2 heterocycles. The first kappa shape index (κ1) is 26.3. The minimum Gasteiger partial charge on any atom is -0.497 e. The fourth-order valence-corrected chi connectivity index (χ4v) is 5.20. The van der Waals surface area contributed by atoms with Crippen LogP contribution in [0.2, 0.25) is 0 Å². The Bertz CT molecular complexity index is 1240. The maximum Gasteiger partial charge on any atom is 0.227 e. The second kappa shape index (κ2) is 11.1. The number of hydrogen-bond donors (Lipinski definition) is 1. The minimum absolute atomic E-state index is 0.186. The molecule has 1 saturated heterocycles. The van der Waals surface area contributed by atoms with Gasteiger partial charge in [-0.1, -0.05) is 19.1 Å². The SMILES string of the molecule is CCCC(=O)N1CCC(CN(C)c2nc(N)c3cc(OC)c(OC)cc3n2)(c2ccc(OC)cc2)CC1. The summed E-state index contributed by atoms with van der Waals surface area (Å²) in [5.41, 5.74) is 8.08. The molecule has 0 spiro atoms. The Balaban J connectivity index is 1.66. The number of nitrogens with two attached hydrogens (primary N) is 1. The Labute approximate surface area is 218 Å². The zero-order valence-electron chi connectivity index (χ0n) is 22.4. The number of aromatic nitrogens is 2. The van der Waals surface area contributed by atoms with E-state index >= 15 is 0 Å². The molecule has 9 nitrogen and oxygen atoms in total. The van der Waals surface area contributed by atoms with Gasteiger partial charge in [-0.25, -0.2) is 4.98 Å². The number of carbonyl (C=O) groups is 1. The molecule has 198 valence electrons. The molecular formula is C28H37N5O4. The summed E-state index contributed by atoms with van der Waals surface area (Å²) in [6, 6.07) is 11.9. The molecule has 1 amide bonds. The molecule has 2 N–H and O–H groups in total. The van der Waals surface area contributed by atoms with Crippen LogP contribution in [0.3, 0.4) is 0 Å². The highest BCUT2D eigenvalue weighted by atomic mass is 16.5. The molecule has 1 aliphatic rings. The van der Waals surface area contributed by atoms with Gasteiger partial charge in [-0.2, -0.15) is 4.98 Å². The van der Waals surface area contributed by atoms with Gasteiger partial charge in [0.25, 0.3) is 0 Å². The first-order chi connectivity index (χ1) is 17.8. The van der Waals surface area contributed by atoms with Crippen LogP contribution in [0.4, 0.5) is 11.8 Å². The number of nitrogen functional groups attached to an aromatic ring is 1. The van der Waals surface area contributed by atoms with Crippen molar-refractivity contribution in [1.82, 2.24) is 14.9 Å². The molecule has 0 radical (unpaired) electrons. The molecule has 2 aromatic carbocycles. The van der Waals surface area contributed by atoms with Gasteiger partial charge >= 0.3 is 0 Å². The highest BCUT2D eigenvalue weighted by molar-refractivity contribution is 5.91. The summed E-state index contributed by atoms with van der Waals surface area (Å²) in [5, 5.41) is 0.711. The Hall–Kier alpha value is -3.75. The number of piperidine rings is 1. The number of fused-ring (bicyclic) bond motifs is 1. The van der Waals surface area contributed by atoms with Gasteiger partial charge in [0, 0.05) is 50.0 Å². The van der Waals surface area contributed by atoms with Crippen LogP contribution in [-0.2, 0) is 10.2 Å². The molecular weight excluding hydrogens is 470 g/mol. The quantitative estimate of drug-likeness (QED) is 0.463. The highest BCUT2D eigenvalue weighted by Gasteiger charge is 2.39. The van der Waals surface area contributed by atoms with E-state index < -0.39 is 0 Å². The number of methoxy groups -OCH3 is 3. The summed E-state index contributed by atoms with van der Waals surface area (Å²) >= 11 is 0. The van der Waals surface area contributed by atoms with Crippen molar-refractivity contribution in [2.24, 2.45) is 0 Å². The summed E-state index contributed by atoms with van der Waals surface area (Å²) in [4.78, 5) is 26.1. The van der Waals surface area contributed by atoms with Crippen LogP contribution in [0.1, 0.15) is 38.2 Å². The lowest BCUT2D eigenvalue weighted by atomic mass is 9.72. The Kier molecular flexibility index (Phi) is 7.90. The van der Waals surface area contributed by atoms with Crippen LogP contribution < -0.4 is 24.8 Å². The predicted octanol–water partition coefficient (Wildman–Crippen LogP) is 4.03. The first-order valence-electron chi connectivity index (χ1n) is 12.7. The van der Waals surface area contributed by atoms with E-state index in [1.165, 1.54) is 5.56 Å². The number of likely N-dealkylation sites (tertiary alicyclic amines) is 1. The number of hydrogen-bond acceptors (Lipinski definition) is 8. The van der Waals surface area contributed by atoms with E-state index in [1.807, 2.05) is 37.1 Å². The Morgan fingerprint density at radius 2 is 1.68 bits per heavy atom. The van der Waals surface area contributed by atoms with Crippen molar-refractivity contribution in [2.75, 3.05) is 58.6 Å². The summed E-state index contributed by atoms with van der Waals surface area (Å²) in [5.74, 6) is 3.13. The van der Waals surface area contributed by atoms with Gasteiger partial charge in [-0.15, -0.1) is 0 Å². The number of amides is 1. The summed E-state index contributed by atoms with van der Waals surface area (Å²) < 4.78 is 16.3. The molecule has 37 heavy (non-hydrogen) atoms. The van der Waals surface area contributed by atoms with Crippen LogP contribution in [0.5, 0.6) is 17.2 Å². The molecule has 1 fully saturated rings. The van der Waals surface area contributed by atoms with Crippen LogP contribution in [-0.4, -0.2) is 68.8 Å².